The van der Waals surface area contributed by atoms with Gasteiger partial charge in [0.05, 0.1) is 11.1 Å². The molecule has 0 aliphatic heterocycles. The quantitative estimate of drug-likeness (QED) is 0.383. The van der Waals surface area contributed by atoms with Crippen molar-refractivity contribution in [2.24, 2.45) is 0 Å². The minimum atomic E-state index is -4.63. The summed E-state index contributed by atoms with van der Waals surface area (Å²) in [7, 11) is 0. The third kappa shape index (κ3) is 5.66. The molecule has 0 radical (unpaired) electrons. The number of aromatic nitrogens is 3. The lowest BCUT2D eigenvalue weighted by Gasteiger charge is -2.31. The molecule has 1 unspecified atom stereocenters. The largest absolute Gasteiger partial charge is 0.433 e. The van der Waals surface area contributed by atoms with Crippen LogP contribution in [0.2, 0.25) is 5.02 Å². The predicted molar refractivity (Wildman–Crippen MR) is 122 cm³/mol. The summed E-state index contributed by atoms with van der Waals surface area (Å²) in [5, 5.41) is 10.5. The molecular weight excluding hydrogens is 493 g/mol. The summed E-state index contributed by atoms with van der Waals surface area (Å²) < 4.78 is 68.2. The first-order chi connectivity index (χ1) is 16.5. The van der Waals surface area contributed by atoms with E-state index in [1.54, 1.807) is 13.0 Å². The number of alkyl halides is 5. The van der Waals surface area contributed by atoms with Crippen LogP contribution in [0.5, 0.6) is 0 Å². The summed E-state index contributed by atoms with van der Waals surface area (Å²) in [5.41, 5.74) is -1.38. The minimum Gasteiger partial charge on any atom is -0.382 e. The molecule has 0 spiro atoms. The molecule has 2 N–H and O–H groups in total. The van der Waals surface area contributed by atoms with Gasteiger partial charge in [0.1, 0.15) is 11.4 Å². The number of carbonyl (C=O) groups excluding carboxylic acids is 1. The van der Waals surface area contributed by atoms with Crippen LogP contribution in [0, 0.1) is 0 Å². The van der Waals surface area contributed by atoms with Gasteiger partial charge in [0.2, 0.25) is 0 Å². The van der Waals surface area contributed by atoms with Crippen LogP contribution in [0.3, 0.4) is 0 Å². The van der Waals surface area contributed by atoms with E-state index >= 15 is 0 Å². The summed E-state index contributed by atoms with van der Waals surface area (Å²) >= 11 is 6.06. The molecule has 3 aromatic rings. The number of hydrogen-bond donors (Lipinski definition) is 2. The van der Waals surface area contributed by atoms with Crippen LogP contribution in [0.4, 0.5) is 27.6 Å². The van der Waals surface area contributed by atoms with Crippen LogP contribution in [0.15, 0.2) is 30.5 Å². The summed E-state index contributed by atoms with van der Waals surface area (Å²) in [6.07, 6.45) is -3.85. The molecule has 1 amide bonds. The Morgan fingerprint density at radius 3 is 2.66 bits per heavy atom. The maximum absolute atomic E-state index is 13.4. The van der Waals surface area contributed by atoms with E-state index in [1.165, 1.54) is 23.0 Å². The molecule has 1 aromatic carbocycles. The van der Waals surface area contributed by atoms with E-state index in [1.807, 2.05) is 0 Å². The van der Waals surface area contributed by atoms with Gasteiger partial charge in [-0.2, -0.15) is 18.3 Å². The lowest BCUT2D eigenvalue weighted by atomic mass is 9.90. The normalized spacial score (nSPS) is 18.7. The maximum Gasteiger partial charge on any atom is 0.433 e. The fraction of sp³-hybridized carbons (Fsp3) is 0.435. The van der Waals surface area contributed by atoms with Crippen LogP contribution in [0.1, 0.15) is 60.8 Å². The zero-order chi connectivity index (χ0) is 25.3. The molecule has 1 aliphatic rings. The molecule has 4 rings (SSSR count). The van der Waals surface area contributed by atoms with Crippen LogP contribution in [-0.2, 0) is 12.7 Å². The van der Waals surface area contributed by atoms with Crippen LogP contribution in [0.25, 0.3) is 10.9 Å². The van der Waals surface area contributed by atoms with E-state index in [2.05, 4.69) is 20.7 Å². The second-order valence-corrected chi connectivity index (χ2v) is 8.91. The predicted octanol–water partition coefficient (Wildman–Crippen LogP) is 6.21. The summed E-state index contributed by atoms with van der Waals surface area (Å²) in [5.74, 6) is -0.647. The molecule has 188 valence electrons. The Balaban J connectivity index is 1.53. The van der Waals surface area contributed by atoms with Crippen molar-refractivity contribution in [3.8, 4) is 0 Å². The van der Waals surface area contributed by atoms with E-state index in [9.17, 15) is 26.7 Å². The highest BCUT2D eigenvalue weighted by molar-refractivity contribution is 6.31. The van der Waals surface area contributed by atoms with E-state index in [-0.39, 0.29) is 28.9 Å². The Labute approximate surface area is 202 Å². The number of nitrogens with zero attached hydrogens (tertiary/aromatic N) is 3. The minimum absolute atomic E-state index is 0.153. The maximum atomic E-state index is 13.4. The number of aryl methyl sites for hydroxylation is 1. The van der Waals surface area contributed by atoms with Crippen molar-refractivity contribution < 1.29 is 26.7 Å². The van der Waals surface area contributed by atoms with E-state index in [0.29, 0.717) is 42.6 Å². The fourth-order valence-corrected chi connectivity index (χ4v) is 4.50. The Kier molecular flexibility index (Phi) is 7.16. The zero-order valence-electron chi connectivity index (χ0n) is 18.7. The van der Waals surface area contributed by atoms with Crippen molar-refractivity contribution in [2.45, 2.75) is 63.8 Å². The molecule has 2 aromatic heterocycles. The lowest BCUT2D eigenvalue weighted by molar-refractivity contribution is -0.140. The van der Waals surface area contributed by atoms with Crippen LogP contribution < -0.4 is 10.6 Å². The van der Waals surface area contributed by atoms with Crippen molar-refractivity contribution in [3.63, 3.8) is 0 Å². The number of fused-ring (bicyclic) bond motifs is 1. The molecule has 0 saturated heterocycles. The summed E-state index contributed by atoms with van der Waals surface area (Å²) in [4.78, 5) is 16.4. The molecule has 0 bridgehead atoms. The van der Waals surface area contributed by atoms with Gasteiger partial charge in [-0.15, -0.1) is 0 Å². The molecular formula is C23H23ClF5N5O. The van der Waals surface area contributed by atoms with Crippen molar-refractivity contribution >= 4 is 34.1 Å². The molecule has 6 nitrogen and oxygen atoms in total. The first-order valence-corrected chi connectivity index (χ1v) is 11.5. The SMILES string of the molecule is CCn1cc(C(=O)NC2CCC[C@H](Nc3cc(C(F)(F)F)nc4ccc(Cl)cc34)C2)c(C(F)F)n1. The number of anilines is 1. The monoisotopic (exact) mass is 515 g/mol. The van der Waals surface area contributed by atoms with Gasteiger partial charge in [-0.25, -0.2) is 13.8 Å². The van der Waals surface area contributed by atoms with Gasteiger partial charge in [-0.1, -0.05) is 11.6 Å². The van der Waals surface area contributed by atoms with E-state index in [4.69, 9.17) is 11.6 Å². The fourth-order valence-electron chi connectivity index (χ4n) is 4.33. The first kappa shape index (κ1) is 25.2. The Morgan fingerprint density at radius 1 is 1.23 bits per heavy atom. The zero-order valence-corrected chi connectivity index (χ0v) is 19.4. The van der Waals surface area contributed by atoms with Crippen molar-refractivity contribution in [1.29, 1.82) is 0 Å². The molecule has 1 saturated carbocycles. The van der Waals surface area contributed by atoms with Gasteiger partial charge in [0.15, 0.2) is 0 Å². The van der Waals surface area contributed by atoms with Gasteiger partial charge in [0, 0.05) is 40.9 Å². The average molecular weight is 516 g/mol. The second kappa shape index (κ2) is 9.96. The number of amides is 1. The van der Waals surface area contributed by atoms with Crippen molar-refractivity contribution in [2.75, 3.05) is 5.32 Å². The number of carbonyl (C=O) groups is 1. The molecule has 2 atom stereocenters. The average Bonchev–Trinajstić information content (AvgIpc) is 3.24. The van der Waals surface area contributed by atoms with Gasteiger partial charge < -0.3 is 10.6 Å². The topological polar surface area (TPSA) is 71.8 Å². The second-order valence-electron chi connectivity index (χ2n) is 8.48. The Morgan fingerprint density at radius 2 is 1.97 bits per heavy atom. The highest BCUT2D eigenvalue weighted by Crippen LogP contribution is 2.35. The molecule has 2 heterocycles. The van der Waals surface area contributed by atoms with E-state index < -0.39 is 29.9 Å². The molecule has 35 heavy (non-hydrogen) atoms. The van der Waals surface area contributed by atoms with Crippen molar-refractivity contribution in [3.05, 3.63) is 52.4 Å². The number of rotatable bonds is 6. The van der Waals surface area contributed by atoms with Gasteiger partial charge in [0.25, 0.3) is 12.3 Å². The summed E-state index contributed by atoms with van der Waals surface area (Å²) in [6, 6.07) is 4.80. The van der Waals surface area contributed by atoms with Crippen molar-refractivity contribution in [1.82, 2.24) is 20.1 Å². The van der Waals surface area contributed by atoms with Gasteiger partial charge in [-0.05, 0) is 56.9 Å². The standard InChI is InChI=1S/C23H23ClF5N5O/c1-2-34-11-16(20(33-34)21(25)26)22(35)31-14-5-3-4-13(9-14)30-18-10-19(23(27,28)29)32-17-7-6-12(24)8-15(17)18/h6-8,10-11,13-14,21H,2-5,9H2,1H3,(H,30,32)(H,31,35)/t13-,14?/m0/s1. The highest BCUT2D eigenvalue weighted by atomic mass is 35.5. The lowest BCUT2D eigenvalue weighted by Crippen LogP contribution is -2.42. The highest BCUT2D eigenvalue weighted by Gasteiger charge is 2.34. The number of hydrogen-bond acceptors (Lipinski definition) is 4. The first-order valence-electron chi connectivity index (χ1n) is 11.2. The number of benzene rings is 1. The number of halogens is 6. The smallest absolute Gasteiger partial charge is 0.382 e. The molecule has 1 fully saturated rings. The van der Waals surface area contributed by atoms with Gasteiger partial charge in [-0.3, -0.25) is 9.48 Å². The number of nitrogens with one attached hydrogen (secondary N) is 2. The van der Waals surface area contributed by atoms with Crippen LogP contribution in [-0.4, -0.2) is 32.8 Å². The Bertz CT molecular complexity index is 1230. The molecule has 12 heteroatoms. The summed E-state index contributed by atoms with van der Waals surface area (Å²) in [6.45, 7) is 2.06. The third-order valence-electron chi connectivity index (χ3n) is 6.00. The number of pyridine rings is 1. The van der Waals surface area contributed by atoms with Crippen LogP contribution >= 0.6 is 11.6 Å². The molecule has 1 aliphatic carbocycles. The Hall–Kier alpha value is -2.95. The van der Waals surface area contributed by atoms with Gasteiger partial charge >= 0.3 is 6.18 Å². The van der Waals surface area contributed by atoms with E-state index in [0.717, 1.165) is 6.07 Å². The third-order valence-corrected chi connectivity index (χ3v) is 6.23.